The maximum atomic E-state index is 13.3. The number of piperazine rings is 1. The number of carbonyl (C=O) groups is 3. The molecule has 1 aromatic rings. The van der Waals surface area contributed by atoms with Crippen LogP contribution >= 0.6 is 11.6 Å². The molecule has 2 N–H and O–H groups in total. The van der Waals surface area contributed by atoms with E-state index in [9.17, 15) is 18.8 Å². The third-order valence-electron chi connectivity index (χ3n) is 2.91. The van der Waals surface area contributed by atoms with Crippen LogP contribution in [0.15, 0.2) is 18.2 Å². The van der Waals surface area contributed by atoms with Crippen LogP contribution in [0.1, 0.15) is 10.4 Å². The Bertz CT molecular complexity index is 593. The average molecular weight is 301 g/mol. The Morgan fingerprint density at radius 2 is 2.15 bits per heavy atom. The van der Waals surface area contributed by atoms with Crippen molar-refractivity contribution in [1.82, 2.24) is 10.2 Å². The van der Waals surface area contributed by atoms with Gasteiger partial charge in [0.2, 0.25) is 5.91 Å². The topological polar surface area (TPSA) is 86.7 Å². The van der Waals surface area contributed by atoms with E-state index < -0.39 is 41.2 Å². The molecule has 106 valence electrons. The summed E-state index contributed by atoms with van der Waals surface area (Å²) in [5, 5.41) is 11.0. The molecule has 1 unspecified atom stereocenters. The van der Waals surface area contributed by atoms with Crippen molar-refractivity contribution in [2.45, 2.75) is 6.04 Å². The molecule has 1 saturated heterocycles. The predicted octanol–water partition coefficient (Wildman–Crippen LogP) is 0.504. The summed E-state index contributed by atoms with van der Waals surface area (Å²) < 4.78 is 13.3. The van der Waals surface area contributed by atoms with E-state index in [1.165, 1.54) is 12.1 Å². The number of carboxylic acids is 1. The first-order valence-electron chi connectivity index (χ1n) is 5.66. The van der Waals surface area contributed by atoms with E-state index in [4.69, 9.17) is 16.7 Å². The second-order valence-corrected chi connectivity index (χ2v) is 4.57. The van der Waals surface area contributed by atoms with Gasteiger partial charge in [-0.15, -0.1) is 0 Å². The fourth-order valence-corrected chi connectivity index (χ4v) is 2.11. The minimum Gasteiger partial charge on any atom is -0.480 e. The lowest BCUT2D eigenvalue weighted by Crippen LogP contribution is -2.59. The lowest BCUT2D eigenvalue weighted by atomic mass is 10.1. The van der Waals surface area contributed by atoms with Gasteiger partial charge in [-0.05, 0) is 12.1 Å². The van der Waals surface area contributed by atoms with Crippen LogP contribution in [0.4, 0.5) is 4.39 Å². The number of carbonyl (C=O) groups excluding carboxylic acids is 2. The highest BCUT2D eigenvalue weighted by Gasteiger charge is 2.36. The van der Waals surface area contributed by atoms with Gasteiger partial charge in [0.1, 0.15) is 18.4 Å². The van der Waals surface area contributed by atoms with Crippen LogP contribution in [0.3, 0.4) is 0 Å². The molecule has 1 aliphatic heterocycles. The number of carboxylic acid groups (broad SMARTS) is 1. The summed E-state index contributed by atoms with van der Waals surface area (Å²) in [4.78, 5) is 35.6. The Labute approximate surface area is 118 Å². The Hall–Kier alpha value is -2.15. The van der Waals surface area contributed by atoms with Gasteiger partial charge in [-0.3, -0.25) is 9.59 Å². The Morgan fingerprint density at radius 3 is 2.80 bits per heavy atom. The molecule has 1 fully saturated rings. The van der Waals surface area contributed by atoms with Crippen LogP contribution in [0.25, 0.3) is 0 Å². The van der Waals surface area contributed by atoms with Gasteiger partial charge < -0.3 is 15.3 Å². The maximum absolute atomic E-state index is 13.3. The summed E-state index contributed by atoms with van der Waals surface area (Å²) in [6, 6.07) is 2.43. The Morgan fingerprint density at radius 1 is 1.45 bits per heavy atom. The largest absolute Gasteiger partial charge is 0.480 e. The molecular formula is C12H10ClFN2O4. The van der Waals surface area contributed by atoms with Gasteiger partial charge in [0, 0.05) is 6.54 Å². The van der Waals surface area contributed by atoms with Gasteiger partial charge in [-0.2, -0.15) is 0 Å². The monoisotopic (exact) mass is 300 g/mol. The van der Waals surface area contributed by atoms with Crippen molar-refractivity contribution in [2.24, 2.45) is 0 Å². The van der Waals surface area contributed by atoms with Crippen molar-refractivity contribution in [3.8, 4) is 0 Å². The van der Waals surface area contributed by atoms with Gasteiger partial charge in [0.05, 0.1) is 10.6 Å². The highest BCUT2D eigenvalue weighted by atomic mass is 35.5. The van der Waals surface area contributed by atoms with Gasteiger partial charge >= 0.3 is 5.97 Å². The SMILES string of the molecule is O=C1CN(C(=O)c2cccc(F)c2Cl)C(C(=O)O)CN1. The van der Waals surface area contributed by atoms with Gasteiger partial charge in [0.25, 0.3) is 5.91 Å². The highest BCUT2D eigenvalue weighted by Crippen LogP contribution is 2.22. The molecule has 0 spiro atoms. The second-order valence-electron chi connectivity index (χ2n) is 4.19. The zero-order valence-corrected chi connectivity index (χ0v) is 10.9. The van der Waals surface area contributed by atoms with Crippen molar-refractivity contribution in [1.29, 1.82) is 0 Å². The Balaban J connectivity index is 2.36. The summed E-state index contributed by atoms with van der Waals surface area (Å²) >= 11 is 5.70. The molecule has 0 saturated carbocycles. The molecule has 0 radical (unpaired) electrons. The number of amides is 2. The minimum absolute atomic E-state index is 0.174. The smallest absolute Gasteiger partial charge is 0.328 e. The normalized spacial score (nSPS) is 18.6. The number of aliphatic carboxylic acids is 1. The number of hydrogen-bond donors (Lipinski definition) is 2. The van der Waals surface area contributed by atoms with E-state index in [0.717, 1.165) is 11.0 Å². The van der Waals surface area contributed by atoms with Gasteiger partial charge in [-0.1, -0.05) is 17.7 Å². The first-order chi connectivity index (χ1) is 9.41. The van der Waals surface area contributed by atoms with Crippen LogP contribution in [0, 0.1) is 5.82 Å². The third-order valence-corrected chi connectivity index (χ3v) is 3.29. The summed E-state index contributed by atoms with van der Waals surface area (Å²) in [7, 11) is 0. The van der Waals surface area contributed by atoms with Crippen molar-refractivity contribution < 1.29 is 23.9 Å². The number of halogens is 2. The first-order valence-corrected chi connectivity index (χ1v) is 6.04. The van der Waals surface area contributed by atoms with Gasteiger partial charge in [-0.25, -0.2) is 9.18 Å². The summed E-state index contributed by atoms with van der Waals surface area (Å²) in [5.74, 6) is -3.32. The summed E-state index contributed by atoms with van der Waals surface area (Å²) in [6.07, 6.45) is 0. The van der Waals surface area contributed by atoms with Crippen molar-refractivity contribution in [2.75, 3.05) is 13.1 Å². The molecule has 2 rings (SSSR count). The van der Waals surface area contributed by atoms with Crippen molar-refractivity contribution >= 4 is 29.4 Å². The standard InChI is InChI=1S/C12H10ClFN2O4/c13-10-6(2-1-3-7(10)14)11(18)16-5-9(17)15-4-8(16)12(19)20/h1-3,8H,4-5H2,(H,15,17)(H,19,20). The molecule has 8 heteroatoms. The van der Waals surface area contributed by atoms with Crippen LogP contribution < -0.4 is 5.32 Å². The molecule has 0 aliphatic carbocycles. The van der Waals surface area contributed by atoms with Crippen LogP contribution in [0.2, 0.25) is 5.02 Å². The first kappa shape index (κ1) is 14.3. The van der Waals surface area contributed by atoms with E-state index in [2.05, 4.69) is 5.32 Å². The fourth-order valence-electron chi connectivity index (χ4n) is 1.90. The maximum Gasteiger partial charge on any atom is 0.328 e. The number of nitrogens with zero attached hydrogens (tertiary/aromatic N) is 1. The minimum atomic E-state index is -1.26. The molecular weight excluding hydrogens is 291 g/mol. The zero-order chi connectivity index (χ0) is 14.9. The average Bonchev–Trinajstić information content (AvgIpc) is 2.40. The Kier molecular flexibility index (Phi) is 3.89. The number of benzene rings is 1. The fraction of sp³-hybridized carbons (Fsp3) is 0.250. The third kappa shape index (κ3) is 2.57. The zero-order valence-electron chi connectivity index (χ0n) is 10.1. The summed E-state index contributed by atoms with van der Waals surface area (Å²) in [6.45, 7) is -0.616. The van der Waals surface area contributed by atoms with E-state index in [1.54, 1.807) is 0 Å². The van der Waals surface area contributed by atoms with E-state index in [1.807, 2.05) is 0 Å². The molecule has 1 atom stereocenters. The molecule has 1 heterocycles. The van der Waals surface area contributed by atoms with E-state index in [0.29, 0.717) is 0 Å². The van der Waals surface area contributed by atoms with Crippen LogP contribution in [-0.4, -0.2) is 46.9 Å². The number of nitrogens with one attached hydrogen (secondary N) is 1. The van der Waals surface area contributed by atoms with Crippen LogP contribution in [0.5, 0.6) is 0 Å². The molecule has 6 nitrogen and oxygen atoms in total. The molecule has 0 bridgehead atoms. The van der Waals surface area contributed by atoms with E-state index >= 15 is 0 Å². The van der Waals surface area contributed by atoms with E-state index in [-0.39, 0.29) is 12.1 Å². The molecule has 1 aromatic carbocycles. The second kappa shape index (κ2) is 5.46. The van der Waals surface area contributed by atoms with Gasteiger partial charge in [0.15, 0.2) is 0 Å². The highest BCUT2D eigenvalue weighted by molar-refractivity contribution is 6.34. The molecule has 0 aromatic heterocycles. The molecule has 2 amide bonds. The lowest BCUT2D eigenvalue weighted by molar-refractivity contribution is -0.144. The van der Waals surface area contributed by atoms with Crippen LogP contribution in [-0.2, 0) is 9.59 Å². The van der Waals surface area contributed by atoms with Crippen molar-refractivity contribution in [3.63, 3.8) is 0 Å². The lowest BCUT2D eigenvalue weighted by Gasteiger charge is -2.32. The molecule has 20 heavy (non-hydrogen) atoms. The molecule has 1 aliphatic rings. The summed E-state index contributed by atoms with van der Waals surface area (Å²) in [5.41, 5.74) is -0.174. The van der Waals surface area contributed by atoms with Crippen molar-refractivity contribution in [3.05, 3.63) is 34.6 Å². The predicted molar refractivity (Wildman–Crippen MR) is 66.9 cm³/mol. The number of rotatable bonds is 2. The quantitative estimate of drug-likeness (QED) is 0.833. The number of hydrogen-bond acceptors (Lipinski definition) is 3.